The van der Waals surface area contributed by atoms with Crippen LogP contribution >= 0.6 is 12.6 Å². The summed E-state index contributed by atoms with van der Waals surface area (Å²) in [6.45, 7) is 0. The maximum absolute atomic E-state index is 12.9. The summed E-state index contributed by atoms with van der Waals surface area (Å²) in [6.07, 6.45) is 0.823. The lowest BCUT2D eigenvalue weighted by molar-refractivity contribution is 0.522. The van der Waals surface area contributed by atoms with Gasteiger partial charge in [0.15, 0.2) is 0 Å². The first kappa shape index (κ1) is 10.4. The molecule has 1 aromatic carbocycles. The van der Waals surface area contributed by atoms with Crippen molar-refractivity contribution >= 4 is 12.6 Å². The monoisotopic (exact) mass is 206 g/mol. The van der Waals surface area contributed by atoms with Crippen molar-refractivity contribution in [1.29, 1.82) is 0 Å². The predicted octanol–water partition coefficient (Wildman–Crippen LogP) is 2.97. The molecule has 72 valence electrons. The third kappa shape index (κ3) is 2.66. The second-order valence-electron chi connectivity index (χ2n) is 2.68. The molecule has 0 aliphatic carbocycles. The summed E-state index contributed by atoms with van der Waals surface area (Å²) in [4.78, 5) is 0. The van der Waals surface area contributed by atoms with Crippen LogP contribution in [0.4, 0.5) is 13.2 Å². The van der Waals surface area contributed by atoms with E-state index in [9.17, 15) is 13.2 Å². The number of rotatable bonds is 3. The molecule has 0 aliphatic heterocycles. The Bertz CT molecular complexity index is 276. The van der Waals surface area contributed by atoms with Crippen LogP contribution in [0.15, 0.2) is 12.1 Å². The molecule has 0 aliphatic rings. The Hall–Kier alpha value is -0.640. The SMILES string of the molecule is Fc1cc(F)c(CCCS)c(F)c1. The fourth-order valence-electron chi connectivity index (χ4n) is 1.07. The van der Waals surface area contributed by atoms with Gasteiger partial charge in [0.05, 0.1) is 0 Å². The summed E-state index contributed by atoms with van der Waals surface area (Å²) in [5.41, 5.74) is -0.0598. The molecule has 0 bridgehead atoms. The molecule has 0 nitrogen and oxygen atoms in total. The molecule has 0 saturated carbocycles. The predicted molar refractivity (Wildman–Crippen MR) is 48.5 cm³/mol. The summed E-state index contributed by atoms with van der Waals surface area (Å²) < 4.78 is 38.3. The molecule has 0 spiro atoms. The molecule has 1 aromatic rings. The van der Waals surface area contributed by atoms with Crippen LogP contribution < -0.4 is 0 Å². The second-order valence-corrected chi connectivity index (χ2v) is 3.12. The van der Waals surface area contributed by atoms with Crippen LogP contribution in [0.2, 0.25) is 0 Å². The smallest absolute Gasteiger partial charge is 0.132 e. The molecule has 0 amide bonds. The van der Waals surface area contributed by atoms with E-state index in [0.717, 1.165) is 0 Å². The third-order valence-electron chi connectivity index (χ3n) is 1.69. The first-order chi connectivity index (χ1) is 6.15. The molecule has 0 unspecified atom stereocenters. The Morgan fingerprint density at radius 1 is 1.08 bits per heavy atom. The van der Waals surface area contributed by atoms with Gasteiger partial charge in [0.2, 0.25) is 0 Å². The summed E-state index contributed by atoms with van der Waals surface area (Å²) in [7, 11) is 0. The third-order valence-corrected chi connectivity index (χ3v) is 2.01. The zero-order chi connectivity index (χ0) is 9.84. The Balaban J connectivity index is 2.92. The normalized spacial score (nSPS) is 10.5. The Labute approximate surface area is 80.2 Å². The Kier molecular flexibility index (Phi) is 3.66. The topological polar surface area (TPSA) is 0 Å². The van der Waals surface area contributed by atoms with E-state index in [1.54, 1.807) is 0 Å². The van der Waals surface area contributed by atoms with E-state index in [1.807, 2.05) is 0 Å². The average Bonchev–Trinajstić information content (AvgIpc) is 2.02. The van der Waals surface area contributed by atoms with Crippen LogP contribution in [-0.2, 0) is 6.42 Å². The highest BCUT2D eigenvalue weighted by Gasteiger charge is 2.10. The molecule has 4 heteroatoms. The van der Waals surface area contributed by atoms with E-state index in [0.29, 0.717) is 24.3 Å². The van der Waals surface area contributed by atoms with Crippen LogP contribution in [0, 0.1) is 17.5 Å². The first-order valence-corrected chi connectivity index (χ1v) is 4.52. The van der Waals surface area contributed by atoms with Gasteiger partial charge in [0.1, 0.15) is 17.5 Å². The van der Waals surface area contributed by atoms with Crippen molar-refractivity contribution in [2.75, 3.05) is 5.75 Å². The molecule has 0 heterocycles. The number of hydrogen-bond donors (Lipinski definition) is 1. The van der Waals surface area contributed by atoms with E-state index in [-0.39, 0.29) is 12.0 Å². The van der Waals surface area contributed by atoms with E-state index >= 15 is 0 Å². The molecule has 1 rings (SSSR count). The molecular weight excluding hydrogens is 197 g/mol. The highest BCUT2D eigenvalue weighted by molar-refractivity contribution is 7.80. The number of halogens is 3. The first-order valence-electron chi connectivity index (χ1n) is 3.89. The maximum Gasteiger partial charge on any atom is 0.132 e. The quantitative estimate of drug-likeness (QED) is 0.722. The Morgan fingerprint density at radius 2 is 1.62 bits per heavy atom. The number of benzene rings is 1. The lowest BCUT2D eigenvalue weighted by Crippen LogP contribution is -1.97. The summed E-state index contributed by atoms with van der Waals surface area (Å²) in [5.74, 6) is -1.97. The van der Waals surface area contributed by atoms with Crippen LogP contribution in [0.5, 0.6) is 0 Å². The zero-order valence-corrected chi connectivity index (χ0v) is 7.75. The van der Waals surface area contributed by atoms with Crippen LogP contribution in [0.25, 0.3) is 0 Å². The van der Waals surface area contributed by atoms with Gasteiger partial charge >= 0.3 is 0 Å². The summed E-state index contributed by atoms with van der Waals surface area (Å²) in [6, 6.07) is 1.38. The summed E-state index contributed by atoms with van der Waals surface area (Å²) >= 11 is 3.92. The highest BCUT2D eigenvalue weighted by Crippen LogP contribution is 2.16. The van der Waals surface area contributed by atoms with Gasteiger partial charge in [-0.25, -0.2) is 13.2 Å². The van der Waals surface area contributed by atoms with Gasteiger partial charge in [-0.2, -0.15) is 12.6 Å². The largest absolute Gasteiger partial charge is 0.207 e. The Morgan fingerprint density at radius 3 is 2.08 bits per heavy atom. The fourth-order valence-corrected chi connectivity index (χ4v) is 1.22. The lowest BCUT2D eigenvalue weighted by atomic mass is 10.1. The van der Waals surface area contributed by atoms with Crippen molar-refractivity contribution in [3.8, 4) is 0 Å². The molecule has 0 radical (unpaired) electrons. The summed E-state index contributed by atoms with van der Waals surface area (Å²) in [5, 5.41) is 0. The van der Waals surface area contributed by atoms with E-state index in [2.05, 4.69) is 12.6 Å². The van der Waals surface area contributed by atoms with Crippen molar-refractivity contribution in [2.45, 2.75) is 12.8 Å². The standard InChI is InChI=1S/C9H9F3S/c10-6-4-8(11)7(2-1-3-13)9(12)5-6/h4-5,13H,1-3H2. The van der Waals surface area contributed by atoms with Crippen molar-refractivity contribution in [3.63, 3.8) is 0 Å². The van der Waals surface area contributed by atoms with Gasteiger partial charge < -0.3 is 0 Å². The molecular formula is C9H9F3S. The van der Waals surface area contributed by atoms with Crippen molar-refractivity contribution in [3.05, 3.63) is 35.1 Å². The second kappa shape index (κ2) is 4.56. The molecule has 13 heavy (non-hydrogen) atoms. The van der Waals surface area contributed by atoms with E-state index in [4.69, 9.17) is 0 Å². The molecule has 0 aromatic heterocycles. The maximum atomic E-state index is 12.9. The lowest BCUT2D eigenvalue weighted by Gasteiger charge is -2.03. The number of hydrogen-bond acceptors (Lipinski definition) is 1. The van der Waals surface area contributed by atoms with Gasteiger partial charge in [0.25, 0.3) is 0 Å². The van der Waals surface area contributed by atoms with Crippen molar-refractivity contribution in [2.24, 2.45) is 0 Å². The van der Waals surface area contributed by atoms with E-state index in [1.165, 1.54) is 0 Å². The minimum atomic E-state index is -0.885. The molecule has 0 N–H and O–H groups in total. The van der Waals surface area contributed by atoms with Crippen LogP contribution in [0.3, 0.4) is 0 Å². The van der Waals surface area contributed by atoms with Gasteiger partial charge in [-0.3, -0.25) is 0 Å². The van der Waals surface area contributed by atoms with Gasteiger partial charge in [0, 0.05) is 17.7 Å². The average molecular weight is 206 g/mol. The van der Waals surface area contributed by atoms with Crippen LogP contribution in [-0.4, -0.2) is 5.75 Å². The molecule has 0 atom stereocenters. The zero-order valence-electron chi connectivity index (χ0n) is 6.86. The molecule has 0 fully saturated rings. The highest BCUT2D eigenvalue weighted by atomic mass is 32.1. The number of thiol groups is 1. The van der Waals surface area contributed by atoms with Crippen molar-refractivity contribution < 1.29 is 13.2 Å². The molecule has 0 saturated heterocycles. The minimum absolute atomic E-state index is 0.0598. The minimum Gasteiger partial charge on any atom is -0.207 e. The van der Waals surface area contributed by atoms with Gasteiger partial charge in [-0.05, 0) is 18.6 Å². The van der Waals surface area contributed by atoms with Crippen molar-refractivity contribution in [1.82, 2.24) is 0 Å². The van der Waals surface area contributed by atoms with Gasteiger partial charge in [-0.1, -0.05) is 0 Å². The van der Waals surface area contributed by atoms with Crippen LogP contribution in [0.1, 0.15) is 12.0 Å². The fraction of sp³-hybridized carbons (Fsp3) is 0.333. The van der Waals surface area contributed by atoms with E-state index < -0.39 is 17.5 Å². The van der Waals surface area contributed by atoms with Gasteiger partial charge in [-0.15, -0.1) is 0 Å².